The van der Waals surface area contributed by atoms with E-state index in [1.807, 2.05) is 18.2 Å². The standard InChI is InChI=1S/C8H8O2.C2H5NO2/c9-8(10)6-7-4-2-1-3-5-7;1-5-2(3)4/h1-5H,6H2,(H,9,10);1H3,(H2,3,4). The number of carbonyl (C=O) groups is 2. The smallest absolute Gasteiger partial charge is 0.404 e. The Hall–Kier alpha value is -2.04. The summed E-state index contributed by atoms with van der Waals surface area (Å²) in [5.41, 5.74) is 5.27. The van der Waals surface area contributed by atoms with Crippen molar-refractivity contribution in [2.45, 2.75) is 6.42 Å². The van der Waals surface area contributed by atoms with Crippen LogP contribution in [0.2, 0.25) is 0 Å². The Morgan fingerprint density at radius 3 is 2.13 bits per heavy atom. The van der Waals surface area contributed by atoms with Crippen LogP contribution < -0.4 is 5.73 Å². The van der Waals surface area contributed by atoms with Crippen LogP contribution in [0.1, 0.15) is 5.56 Å². The van der Waals surface area contributed by atoms with Crippen molar-refractivity contribution < 1.29 is 19.4 Å². The number of carbonyl (C=O) groups excluding carboxylic acids is 1. The molecule has 1 aromatic rings. The minimum absolute atomic E-state index is 0.112. The maximum Gasteiger partial charge on any atom is 0.404 e. The average molecular weight is 211 g/mol. The Balaban J connectivity index is 0.000000336. The summed E-state index contributed by atoms with van der Waals surface area (Å²) in [7, 11) is 1.22. The van der Waals surface area contributed by atoms with Gasteiger partial charge in [-0.25, -0.2) is 4.79 Å². The highest BCUT2D eigenvalue weighted by Gasteiger charge is 1.96. The number of hydrogen-bond acceptors (Lipinski definition) is 3. The number of ether oxygens (including phenoxy) is 1. The predicted molar refractivity (Wildman–Crippen MR) is 54.4 cm³/mol. The largest absolute Gasteiger partial charge is 0.481 e. The van der Waals surface area contributed by atoms with E-state index in [2.05, 4.69) is 10.5 Å². The van der Waals surface area contributed by atoms with Crippen LogP contribution >= 0.6 is 0 Å². The number of benzene rings is 1. The first-order valence-electron chi connectivity index (χ1n) is 4.15. The molecule has 1 amide bonds. The molecule has 1 rings (SSSR count). The van der Waals surface area contributed by atoms with Crippen LogP contribution in [-0.2, 0) is 16.0 Å². The molecule has 0 aliphatic carbocycles. The van der Waals surface area contributed by atoms with E-state index in [1.165, 1.54) is 7.11 Å². The molecule has 0 bridgehead atoms. The van der Waals surface area contributed by atoms with Gasteiger partial charge in [-0.05, 0) is 5.56 Å². The number of primary amides is 1. The minimum atomic E-state index is -0.786. The van der Waals surface area contributed by atoms with Crippen molar-refractivity contribution in [3.63, 3.8) is 0 Å². The van der Waals surface area contributed by atoms with Gasteiger partial charge in [0.05, 0.1) is 13.5 Å². The third-order valence-electron chi connectivity index (χ3n) is 1.40. The fourth-order valence-electron chi connectivity index (χ4n) is 0.770. The van der Waals surface area contributed by atoms with Crippen LogP contribution in [0.4, 0.5) is 4.79 Å². The summed E-state index contributed by atoms with van der Waals surface area (Å²) < 4.78 is 3.89. The number of carboxylic acid groups (broad SMARTS) is 1. The summed E-state index contributed by atoms with van der Waals surface area (Å²) >= 11 is 0. The van der Waals surface area contributed by atoms with Gasteiger partial charge in [0.25, 0.3) is 0 Å². The van der Waals surface area contributed by atoms with Crippen molar-refractivity contribution in [1.82, 2.24) is 0 Å². The molecule has 0 unspecified atom stereocenters. The quantitative estimate of drug-likeness (QED) is 0.764. The number of aliphatic carboxylic acids is 1. The summed E-state index contributed by atoms with van der Waals surface area (Å²) in [6, 6.07) is 9.13. The van der Waals surface area contributed by atoms with E-state index in [1.54, 1.807) is 12.1 Å². The molecule has 0 aromatic heterocycles. The highest BCUT2D eigenvalue weighted by Crippen LogP contribution is 1.98. The number of methoxy groups -OCH3 is 1. The van der Waals surface area contributed by atoms with Crippen molar-refractivity contribution in [2.24, 2.45) is 5.73 Å². The number of amides is 1. The van der Waals surface area contributed by atoms with Gasteiger partial charge in [0.2, 0.25) is 0 Å². The predicted octanol–water partition coefficient (Wildman–Crippen LogP) is 1.03. The highest BCUT2D eigenvalue weighted by atomic mass is 16.5. The lowest BCUT2D eigenvalue weighted by atomic mass is 10.2. The van der Waals surface area contributed by atoms with Crippen LogP contribution in [0.3, 0.4) is 0 Å². The molecular weight excluding hydrogens is 198 g/mol. The van der Waals surface area contributed by atoms with Crippen LogP contribution in [0.25, 0.3) is 0 Å². The molecule has 0 saturated carbocycles. The molecule has 82 valence electrons. The molecule has 0 fully saturated rings. The Morgan fingerprint density at radius 2 is 1.80 bits per heavy atom. The molecule has 0 spiro atoms. The second-order valence-electron chi connectivity index (χ2n) is 2.58. The van der Waals surface area contributed by atoms with E-state index in [4.69, 9.17) is 5.11 Å². The van der Waals surface area contributed by atoms with Gasteiger partial charge >= 0.3 is 12.1 Å². The average Bonchev–Trinajstić information content (AvgIpc) is 2.19. The molecule has 0 atom stereocenters. The second kappa shape index (κ2) is 7.37. The van der Waals surface area contributed by atoms with Crippen LogP contribution in [0, 0.1) is 0 Å². The highest BCUT2D eigenvalue weighted by molar-refractivity contribution is 5.70. The van der Waals surface area contributed by atoms with Gasteiger partial charge in [0.15, 0.2) is 0 Å². The van der Waals surface area contributed by atoms with Crippen LogP contribution in [0.15, 0.2) is 30.3 Å². The normalized spacial score (nSPS) is 8.33. The third kappa shape index (κ3) is 8.29. The van der Waals surface area contributed by atoms with Gasteiger partial charge in [0, 0.05) is 0 Å². The van der Waals surface area contributed by atoms with Gasteiger partial charge in [-0.2, -0.15) is 0 Å². The van der Waals surface area contributed by atoms with Crippen LogP contribution in [-0.4, -0.2) is 24.3 Å². The molecule has 0 aliphatic heterocycles. The molecule has 15 heavy (non-hydrogen) atoms. The first-order chi connectivity index (χ1) is 7.06. The zero-order valence-corrected chi connectivity index (χ0v) is 8.34. The Bertz CT molecular complexity index is 310. The SMILES string of the molecule is COC(N)=O.O=C(O)Cc1ccccc1. The zero-order chi connectivity index (χ0) is 11.7. The van der Waals surface area contributed by atoms with E-state index in [9.17, 15) is 9.59 Å². The summed E-state index contributed by atoms with van der Waals surface area (Å²) in [6.07, 6.45) is -0.633. The zero-order valence-electron chi connectivity index (χ0n) is 8.34. The van der Waals surface area contributed by atoms with Crippen molar-refractivity contribution in [3.05, 3.63) is 35.9 Å². The van der Waals surface area contributed by atoms with Gasteiger partial charge in [0.1, 0.15) is 0 Å². The monoisotopic (exact) mass is 211 g/mol. The number of rotatable bonds is 2. The van der Waals surface area contributed by atoms with E-state index >= 15 is 0 Å². The fraction of sp³-hybridized carbons (Fsp3) is 0.200. The summed E-state index contributed by atoms with van der Waals surface area (Å²) in [4.78, 5) is 19.5. The van der Waals surface area contributed by atoms with E-state index in [0.29, 0.717) is 0 Å². The van der Waals surface area contributed by atoms with Gasteiger partial charge in [-0.15, -0.1) is 0 Å². The molecule has 0 radical (unpaired) electrons. The molecule has 0 heterocycles. The third-order valence-corrected chi connectivity index (χ3v) is 1.40. The Kier molecular flexibility index (Phi) is 6.37. The molecule has 3 N–H and O–H groups in total. The lowest BCUT2D eigenvalue weighted by Crippen LogP contribution is -2.08. The van der Waals surface area contributed by atoms with Crippen molar-refractivity contribution >= 4 is 12.1 Å². The molecule has 1 aromatic carbocycles. The first kappa shape index (κ1) is 13.0. The van der Waals surface area contributed by atoms with Gasteiger partial charge in [-0.3, -0.25) is 4.79 Å². The van der Waals surface area contributed by atoms with Crippen LogP contribution in [0.5, 0.6) is 0 Å². The number of carboxylic acids is 1. The lowest BCUT2D eigenvalue weighted by Gasteiger charge is -1.92. The number of hydrogen-bond donors (Lipinski definition) is 2. The fourth-order valence-corrected chi connectivity index (χ4v) is 0.770. The first-order valence-corrected chi connectivity index (χ1v) is 4.15. The van der Waals surface area contributed by atoms with Crippen molar-refractivity contribution in [1.29, 1.82) is 0 Å². The molecule has 0 aliphatic rings. The van der Waals surface area contributed by atoms with Gasteiger partial charge < -0.3 is 15.6 Å². The van der Waals surface area contributed by atoms with E-state index < -0.39 is 12.1 Å². The molecule has 5 heteroatoms. The van der Waals surface area contributed by atoms with Crippen molar-refractivity contribution in [3.8, 4) is 0 Å². The number of nitrogens with two attached hydrogens (primary N) is 1. The Labute approximate surface area is 87.5 Å². The molecule has 5 nitrogen and oxygen atoms in total. The Morgan fingerprint density at radius 1 is 1.33 bits per heavy atom. The second-order valence-corrected chi connectivity index (χ2v) is 2.58. The molecular formula is C10H13NO4. The maximum absolute atomic E-state index is 10.2. The lowest BCUT2D eigenvalue weighted by molar-refractivity contribution is -0.136. The van der Waals surface area contributed by atoms with E-state index in [-0.39, 0.29) is 6.42 Å². The summed E-state index contributed by atoms with van der Waals surface area (Å²) in [5.74, 6) is -0.786. The molecule has 0 saturated heterocycles. The topological polar surface area (TPSA) is 89.6 Å². The summed E-state index contributed by atoms with van der Waals surface area (Å²) in [5, 5.41) is 8.37. The van der Waals surface area contributed by atoms with Gasteiger partial charge in [-0.1, -0.05) is 30.3 Å². The maximum atomic E-state index is 10.2. The van der Waals surface area contributed by atoms with Crippen molar-refractivity contribution in [2.75, 3.05) is 7.11 Å². The summed E-state index contributed by atoms with van der Waals surface area (Å²) in [6.45, 7) is 0. The van der Waals surface area contributed by atoms with E-state index in [0.717, 1.165) is 5.56 Å². The minimum Gasteiger partial charge on any atom is -0.481 e.